The molecule has 2 aliphatic heterocycles. The van der Waals surface area contributed by atoms with Gasteiger partial charge in [-0.05, 0) is 17.7 Å². The van der Waals surface area contributed by atoms with Crippen LogP contribution in [0.3, 0.4) is 0 Å². The maximum atomic E-state index is 12.6. The van der Waals surface area contributed by atoms with Crippen molar-refractivity contribution in [2.75, 3.05) is 52.9 Å². The predicted octanol–water partition coefficient (Wildman–Crippen LogP) is 0.0309. The fourth-order valence-corrected chi connectivity index (χ4v) is 3.82. The van der Waals surface area contributed by atoms with Crippen molar-refractivity contribution in [2.24, 2.45) is 0 Å². The Hall–Kier alpha value is -2.12. The van der Waals surface area contributed by atoms with Gasteiger partial charge in [-0.2, -0.15) is 0 Å². The van der Waals surface area contributed by atoms with E-state index >= 15 is 0 Å². The van der Waals surface area contributed by atoms with Crippen LogP contribution < -0.4 is 15.4 Å². The van der Waals surface area contributed by atoms with E-state index < -0.39 is 0 Å². The van der Waals surface area contributed by atoms with Crippen LogP contribution in [0.1, 0.15) is 18.4 Å². The number of ether oxygens (including phenoxy) is 1. The zero-order chi connectivity index (χ0) is 18.5. The second-order valence-electron chi connectivity index (χ2n) is 7.01. The summed E-state index contributed by atoms with van der Waals surface area (Å²) in [6.45, 7) is 6.64. The van der Waals surface area contributed by atoms with Crippen LogP contribution in [0.15, 0.2) is 24.3 Å². The quantitative estimate of drug-likeness (QED) is 0.775. The molecule has 1 aromatic rings. The van der Waals surface area contributed by atoms with Crippen LogP contribution in [0.5, 0.6) is 5.75 Å². The van der Waals surface area contributed by atoms with E-state index in [4.69, 9.17) is 4.74 Å². The van der Waals surface area contributed by atoms with Gasteiger partial charge in [0.05, 0.1) is 13.7 Å². The lowest BCUT2D eigenvalue weighted by molar-refractivity contribution is -0.132. The number of carbonyl (C=O) groups is 2. The second-order valence-corrected chi connectivity index (χ2v) is 7.01. The summed E-state index contributed by atoms with van der Waals surface area (Å²) in [6.07, 6.45) is 0. The molecule has 2 amide bonds. The molecule has 0 aliphatic carbocycles. The number of methoxy groups -OCH3 is 1. The summed E-state index contributed by atoms with van der Waals surface area (Å²) < 4.78 is 5.23. The van der Waals surface area contributed by atoms with Gasteiger partial charge in [-0.25, -0.2) is 0 Å². The minimum absolute atomic E-state index is 0.0108. The van der Waals surface area contributed by atoms with Gasteiger partial charge >= 0.3 is 0 Å². The number of hydrogen-bond acceptors (Lipinski definition) is 5. The Morgan fingerprint density at radius 3 is 2.50 bits per heavy atom. The fraction of sp³-hybridized carbons (Fsp3) is 0.579. The van der Waals surface area contributed by atoms with Crippen molar-refractivity contribution >= 4 is 11.8 Å². The number of hydrogen-bond donors (Lipinski definition) is 2. The highest BCUT2D eigenvalue weighted by Gasteiger charge is 2.35. The van der Waals surface area contributed by atoms with Crippen LogP contribution in [-0.2, 0) is 9.59 Å². The zero-order valence-corrected chi connectivity index (χ0v) is 15.5. The molecule has 2 N–H and O–H groups in total. The Morgan fingerprint density at radius 1 is 1.19 bits per heavy atom. The number of rotatable bonds is 5. The molecule has 1 aromatic carbocycles. The molecular formula is C19H28N4O3. The molecule has 2 unspecified atom stereocenters. The lowest BCUT2D eigenvalue weighted by Gasteiger charge is -2.29. The van der Waals surface area contributed by atoms with Gasteiger partial charge in [0.25, 0.3) is 0 Å². The number of benzene rings is 1. The van der Waals surface area contributed by atoms with Gasteiger partial charge in [0.1, 0.15) is 5.75 Å². The maximum Gasteiger partial charge on any atom is 0.236 e. The normalized spacial score (nSPS) is 23.7. The first-order chi connectivity index (χ1) is 12.6. The third kappa shape index (κ3) is 4.53. The number of carbonyl (C=O) groups excluding carboxylic acids is 2. The molecule has 0 radical (unpaired) electrons. The van der Waals surface area contributed by atoms with Gasteiger partial charge in [-0.1, -0.05) is 12.1 Å². The summed E-state index contributed by atoms with van der Waals surface area (Å²) in [6, 6.07) is 7.97. The standard InChI is InChI=1S/C19H28N4O3/c1-14(24)21-18-12-22(13-19(25)23-9-7-20-8-10-23)11-17(18)15-3-5-16(26-2)6-4-15/h3-6,17-18,20H,7-13H2,1-2H3,(H,21,24). The minimum atomic E-state index is -0.0382. The van der Waals surface area contributed by atoms with Gasteiger partial charge in [0, 0.05) is 58.2 Å². The number of nitrogens with zero attached hydrogens (tertiary/aromatic N) is 2. The number of likely N-dealkylation sites (tertiary alicyclic amines) is 1. The summed E-state index contributed by atoms with van der Waals surface area (Å²) in [5.74, 6) is 1.11. The van der Waals surface area contributed by atoms with E-state index in [2.05, 4.69) is 15.5 Å². The van der Waals surface area contributed by atoms with Crippen LogP contribution in [0, 0.1) is 0 Å². The van der Waals surface area contributed by atoms with Crippen molar-refractivity contribution < 1.29 is 14.3 Å². The summed E-state index contributed by atoms with van der Waals surface area (Å²) in [4.78, 5) is 28.3. The second kappa shape index (κ2) is 8.51. The Kier molecular flexibility index (Phi) is 6.11. The largest absolute Gasteiger partial charge is 0.497 e. The highest BCUT2D eigenvalue weighted by molar-refractivity contribution is 5.78. The molecule has 3 rings (SSSR count). The Morgan fingerprint density at radius 2 is 1.88 bits per heavy atom. The maximum absolute atomic E-state index is 12.6. The van der Waals surface area contributed by atoms with Crippen molar-refractivity contribution in [3.8, 4) is 5.75 Å². The van der Waals surface area contributed by atoms with Crippen molar-refractivity contribution in [1.29, 1.82) is 0 Å². The summed E-state index contributed by atoms with van der Waals surface area (Å²) in [7, 11) is 1.65. The average molecular weight is 360 g/mol. The molecule has 0 saturated carbocycles. The molecule has 7 nitrogen and oxygen atoms in total. The van der Waals surface area contributed by atoms with Crippen molar-refractivity contribution in [3.63, 3.8) is 0 Å². The Bertz CT molecular complexity index is 628. The highest BCUT2D eigenvalue weighted by Crippen LogP contribution is 2.29. The Balaban J connectivity index is 1.67. The van der Waals surface area contributed by atoms with Crippen LogP contribution >= 0.6 is 0 Å². The van der Waals surface area contributed by atoms with E-state index in [1.165, 1.54) is 0 Å². The lowest BCUT2D eigenvalue weighted by Crippen LogP contribution is -2.49. The summed E-state index contributed by atoms with van der Waals surface area (Å²) in [5.41, 5.74) is 1.15. The first-order valence-electron chi connectivity index (χ1n) is 9.18. The summed E-state index contributed by atoms with van der Waals surface area (Å²) in [5, 5.41) is 6.32. The SMILES string of the molecule is COc1ccc(C2CN(CC(=O)N3CCNCC3)CC2NC(C)=O)cc1. The third-order valence-electron chi connectivity index (χ3n) is 5.16. The van der Waals surface area contributed by atoms with E-state index in [-0.39, 0.29) is 23.8 Å². The first-order valence-corrected chi connectivity index (χ1v) is 9.18. The van der Waals surface area contributed by atoms with Gasteiger partial charge in [0.15, 0.2) is 0 Å². The number of piperazine rings is 1. The topological polar surface area (TPSA) is 73.9 Å². The predicted molar refractivity (Wildman–Crippen MR) is 99.2 cm³/mol. The molecule has 142 valence electrons. The minimum Gasteiger partial charge on any atom is -0.497 e. The molecular weight excluding hydrogens is 332 g/mol. The molecule has 2 fully saturated rings. The van der Waals surface area contributed by atoms with Crippen molar-refractivity contribution in [1.82, 2.24) is 20.4 Å². The van der Waals surface area contributed by atoms with E-state index in [1.807, 2.05) is 29.2 Å². The third-order valence-corrected chi connectivity index (χ3v) is 5.16. The zero-order valence-electron chi connectivity index (χ0n) is 15.5. The fourth-order valence-electron chi connectivity index (χ4n) is 3.82. The number of amides is 2. The van der Waals surface area contributed by atoms with E-state index in [9.17, 15) is 9.59 Å². The monoisotopic (exact) mass is 360 g/mol. The molecule has 7 heteroatoms. The molecule has 2 heterocycles. The molecule has 0 spiro atoms. The van der Waals surface area contributed by atoms with Crippen LogP contribution in [0.4, 0.5) is 0 Å². The average Bonchev–Trinajstić information content (AvgIpc) is 3.04. The highest BCUT2D eigenvalue weighted by atomic mass is 16.5. The first kappa shape index (κ1) is 18.7. The van der Waals surface area contributed by atoms with Gasteiger partial charge in [-0.15, -0.1) is 0 Å². The molecule has 0 aromatic heterocycles. The van der Waals surface area contributed by atoms with Gasteiger partial charge < -0.3 is 20.3 Å². The van der Waals surface area contributed by atoms with Gasteiger partial charge in [0.2, 0.25) is 11.8 Å². The van der Waals surface area contributed by atoms with E-state index in [0.29, 0.717) is 13.1 Å². The summed E-state index contributed by atoms with van der Waals surface area (Å²) >= 11 is 0. The number of nitrogens with one attached hydrogen (secondary N) is 2. The van der Waals surface area contributed by atoms with E-state index in [0.717, 1.165) is 44.0 Å². The molecule has 0 bridgehead atoms. The lowest BCUT2D eigenvalue weighted by atomic mass is 9.94. The van der Waals surface area contributed by atoms with Crippen LogP contribution in [0.2, 0.25) is 0 Å². The van der Waals surface area contributed by atoms with Crippen LogP contribution in [-0.4, -0.2) is 80.6 Å². The van der Waals surface area contributed by atoms with Gasteiger partial charge in [-0.3, -0.25) is 14.5 Å². The van der Waals surface area contributed by atoms with Crippen molar-refractivity contribution in [3.05, 3.63) is 29.8 Å². The van der Waals surface area contributed by atoms with Crippen molar-refractivity contribution in [2.45, 2.75) is 18.9 Å². The smallest absolute Gasteiger partial charge is 0.236 e. The van der Waals surface area contributed by atoms with Crippen LogP contribution in [0.25, 0.3) is 0 Å². The molecule has 26 heavy (non-hydrogen) atoms. The molecule has 2 atom stereocenters. The Labute approximate surface area is 154 Å². The molecule has 2 saturated heterocycles. The van der Waals surface area contributed by atoms with E-state index in [1.54, 1.807) is 14.0 Å². The molecule has 2 aliphatic rings.